The number of nitrogens with zero attached hydrogens (tertiary/aromatic N) is 2. The van der Waals surface area contributed by atoms with Gasteiger partial charge in [0, 0.05) is 12.2 Å². The second kappa shape index (κ2) is 5.88. The van der Waals surface area contributed by atoms with Crippen LogP contribution in [0.2, 0.25) is 0 Å². The Hall–Kier alpha value is -1.84. The Morgan fingerprint density at radius 1 is 1.19 bits per heavy atom. The number of benzene rings is 1. The van der Waals surface area contributed by atoms with Crippen LogP contribution in [0.5, 0.6) is 0 Å². The zero-order valence-corrected chi connectivity index (χ0v) is 12.7. The molecule has 2 aromatic rings. The molecule has 0 bridgehead atoms. The first kappa shape index (κ1) is 14.1. The van der Waals surface area contributed by atoms with Gasteiger partial charge in [0.15, 0.2) is 0 Å². The van der Waals surface area contributed by atoms with E-state index in [4.69, 9.17) is 0 Å². The van der Waals surface area contributed by atoms with Gasteiger partial charge in [-0.1, -0.05) is 25.3 Å². The summed E-state index contributed by atoms with van der Waals surface area (Å²) in [6.45, 7) is 3.91. The number of hydrogen-bond donors (Lipinski definition) is 1. The van der Waals surface area contributed by atoms with Crippen molar-refractivity contribution in [2.45, 2.75) is 52.0 Å². The molecule has 1 aliphatic carbocycles. The molecule has 0 unspecified atom stereocenters. The van der Waals surface area contributed by atoms with Crippen molar-refractivity contribution in [2.24, 2.45) is 0 Å². The summed E-state index contributed by atoms with van der Waals surface area (Å²) in [6, 6.07) is 5.62. The highest BCUT2D eigenvalue weighted by molar-refractivity contribution is 5.46. The number of imidazole rings is 1. The van der Waals surface area contributed by atoms with Crippen molar-refractivity contribution in [3.05, 3.63) is 41.5 Å². The van der Waals surface area contributed by atoms with Crippen molar-refractivity contribution in [2.75, 3.05) is 5.32 Å². The highest BCUT2D eigenvalue weighted by Gasteiger charge is 2.17. The maximum atomic E-state index is 14.1. The lowest BCUT2D eigenvalue weighted by Crippen LogP contribution is -2.24. The summed E-state index contributed by atoms with van der Waals surface area (Å²) in [5, 5.41) is 3.50. The number of aromatic nitrogens is 2. The van der Waals surface area contributed by atoms with Crippen molar-refractivity contribution in [3.8, 4) is 5.69 Å². The molecular weight excluding hydrogens is 265 g/mol. The van der Waals surface area contributed by atoms with Crippen LogP contribution < -0.4 is 5.32 Å². The number of aryl methyl sites for hydroxylation is 2. The number of rotatable bonds is 3. The van der Waals surface area contributed by atoms with Crippen LogP contribution in [-0.4, -0.2) is 15.6 Å². The van der Waals surface area contributed by atoms with E-state index in [1.807, 2.05) is 30.7 Å². The van der Waals surface area contributed by atoms with Crippen LogP contribution in [0.1, 0.15) is 43.4 Å². The maximum absolute atomic E-state index is 14.1. The number of nitrogens with one attached hydrogen (secondary N) is 1. The van der Waals surface area contributed by atoms with Crippen molar-refractivity contribution in [3.63, 3.8) is 0 Å². The minimum absolute atomic E-state index is 0.218. The van der Waals surface area contributed by atoms with E-state index in [9.17, 15) is 4.39 Å². The largest absolute Gasteiger partial charge is 0.353 e. The summed E-state index contributed by atoms with van der Waals surface area (Å²) in [5.74, 6) is 0.536. The Balaban J connectivity index is 1.93. The van der Waals surface area contributed by atoms with Crippen LogP contribution >= 0.6 is 0 Å². The Bertz CT molecular complexity index is 627. The van der Waals surface area contributed by atoms with E-state index in [2.05, 4.69) is 10.3 Å². The molecule has 1 heterocycles. The molecule has 3 rings (SSSR count). The van der Waals surface area contributed by atoms with Crippen molar-refractivity contribution in [1.82, 2.24) is 9.55 Å². The van der Waals surface area contributed by atoms with Gasteiger partial charge in [-0.15, -0.1) is 0 Å². The molecule has 1 aromatic carbocycles. The molecule has 1 aliphatic rings. The maximum Gasteiger partial charge on any atom is 0.208 e. The summed E-state index contributed by atoms with van der Waals surface area (Å²) in [4.78, 5) is 4.54. The molecule has 21 heavy (non-hydrogen) atoms. The first-order valence-electron chi connectivity index (χ1n) is 7.72. The predicted molar refractivity (Wildman–Crippen MR) is 83.5 cm³/mol. The molecule has 1 N–H and O–H groups in total. The van der Waals surface area contributed by atoms with Crippen LogP contribution in [0, 0.1) is 19.7 Å². The van der Waals surface area contributed by atoms with Crippen molar-refractivity contribution >= 4 is 5.95 Å². The van der Waals surface area contributed by atoms with Gasteiger partial charge >= 0.3 is 0 Å². The first-order valence-corrected chi connectivity index (χ1v) is 7.72. The third-order valence-corrected chi connectivity index (χ3v) is 4.13. The van der Waals surface area contributed by atoms with E-state index in [1.54, 1.807) is 6.07 Å². The lowest BCUT2D eigenvalue weighted by atomic mass is 9.96. The molecule has 0 saturated heterocycles. The molecule has 0 spiro atoms. The topological polar surface area (TPSA) is 29.9 Å². The van der Waals surface area contributed by atoms with Crippen LogP contribution in [0.4, 0.5) is 10.3 Å². The van der Waals surface area contributed by atoms with Crippen molar-refractivity contribution < 1.29 is 4.39 Å². The fraction of sp³-hybridized carbons (Fsp3) is 0.471. The summed E-state index contributed by atoms with van der Waals surface area (Å²) in [6.07, 6.45) is 8.07. The van der Waals surface area contributed by atoms with E-state index in [0.717, 1.165) is 17.2 Å². The molecule has 1 saturated carbocycles. The standard InChI is InChI=1S/C17H22FN3/c1-12-8-9-15(18)16(10-12)21-11-13(2)19-17(21)20-14-6-4-3-5-7-14/h8-11,14H,3-7H2,1-2H3,(H,19,20). The van der Waals surface area contributed by atoms with Crippen LogP contribution in [0.25, 0.3) is 5.69 Å². The zero-order chi connectivity index (χ0) is 14.8. The number of hydrogen-bond acceptors (Lipinski definition) is 2. The van der Waals surface area contributed by atoms with Crippen LogP contribution in [0.3, 0.4) is 0 Å². The van der Waals surface area contributed by atoms with E-state index in [1.165, 1.54) is 38.2 Å². The summed E-state index contributed by atoms with van der Waals surface area (Å²) in [5.41, 5.74) is 2.50. The molecule has 4 heteroatoms. The highest BCUT2D eigenvalue weighted by Crippen LogP contribution is 2.25. The molecule has 0 radical (unpaired) electrons. The predicted octanol–water partition coefficient (Wildman–Crippen LogP) is 4.37. The monoisotopic (exact) mass is 287 g/mol. The van der Waals surface area contributed by atoms with E-state index in [-0.39, 0.29) is 5.82 Å². The van der Waals surface area contributed by atoms with Crippen LogP contribution in [-0.2, 0) is 0 Å². The Morgan fingerprint density at radius 3 is 2.71 bits per heavy atom. The normalized spacial score (nSPS) is 16.1. The Labute approximate surface area is 125 Å². The van der Waals surface area contributed by atoms with E-state index < -0.39 is 0 Å². The molecule has 0 aliphatic heterocycles. The van der Waals surface area contributed by atoms with Gasteiger partial charge in [-0.05, 0) is 44.4 Å². The zero-order valence-electron chi connectivity index (χ0n) is 12.7. The first-order chi connectivity index (χ1) is 10.1. The summed E-state index contributed by atoms with van der Waals surface area (Å²) >= 11 is 0. The van der Waals surface area contributed by atoms with E-state index in [0.29, 0.717) is 11.7 Å². The molecule has 1 fully saturated rings. The molecule has 0 atom stereocenters. The van der Waals surface area contributed by atoms with Gasteiger partial charge in [0.1, 0.15) is 5.82 Å². The van der Waals surface area contributed by atoms with Crippen molar-refractivity contribution in [1.29, 1.82) is 0 Å². The van der Waals surface area contributed by atoms with Gasteiger partial charge in [0.2, 0.25) is 5.95 Å². The number of anilines is 1. The molecule has 112 valence electrons. The molecule has 1 aromatic heterocycles. The average molecular weight is 287 g/mol. The quantitative estimate of drug-likeness (QED) is 0.908. The van der Waals surface area contributed by atoms with Crippen LogP contribution in [0.15, 0.2) is 24.4 Å². The van der Waals surface area contributed by atoms with E-state index >= 15 is 0 Å². The molecule has 0 amide bonds. The van der Waals surface area contributed by atoms with Gasteiger partial charge in [-0.2, -0.15) is 0 Å². The van der Waals surface area contributed by atoms with Gasteiger partial charge < -0.3 is 5.32 Å². The lowest BCUT2D eigenvalue weighted by molar-refractivity contribution is 0.460. The highest BCUT2D eigenvalue weighted by atomic mass is 19.1. The second-order valence-corrected chi connectivity index (χ2v) is 6.01. The fourth-order valence-corrected chi connectivity index (χ4v) is 3.02. The number of halogens is 1. The third kappa shape index (κ3) is 3.09. The fourth-order valence-electron chi connectivity index (χ4n) is 3.02. The van der Waals surface area contributed by atoms with Gasteiger partial charge in [0.25, 0.3) is 0 Å². The van der Waals surface area contributed by atoms with Gasteiger partial charge in [0.05, 0.1) is 11.4 Å². The minimum atomic E-state index is -0.218. The Morgan fingerprint density at radius 2 is 1.95 bits per heavy atom. The third-order valence-electron chi connectivity index (χ3n) is 4.13. The second-order valence-electron chi connectivity index (χ2n) is 6.01. The van der Waals surface area contributed by atoms with Gasteiger partial charge in [-0.3, -0.25) is 4.57 Å². The average Bonchev–Trinajstić information content (AvgIpc) is 2.83. The smallest absolute Gasteiger partial charge is 0.208 e. The lowest BCUT2D eigenvalue weighted by Gasteiger charge is -2.23. The Kier molecular flexibility index (Phi) is 3.95. The van der Waals surface area contributed by atoms with Gasteiger partial charge in [-0.25, -0.2) is 9.37 Å². The summed E-state index contributed by atoms with van der Waals surface area (Å²) < 4.78 is 16.0. The SMILES string of the molecule is Cc1ccc(F)c(-n2cc(C)nc2NC2CCCCC2)c1. The minimum Gasteiger partial charge on any atom is -0.353 e. The summed E-state index contributed by atoms with van der Waals surface area (Å²) in [7, 11) is 0. The molecule has 3 nitrogen and oxygen atoms in total. The molecular formula is C17H22FN3.